The smallest absolute Gasteiger partial charge is 0.355 e. The van der Waals surface area contributed by atoms with Crippen LogP contribution in [0.25, 0.3) is 10.9 Å². The number of nitriles is 1. The SMILES string of the molecule is CCOC(=O)c1cc2cc(Br)ccc2n1[C@@]1(C#N)C[C@H]1C. The van der Waals surface area contributed by atoms with Gasteiger partial charge in [-0.05, 0) is 43.5 Å². The Kier molecular flexibility index (Phi) is 3.29. The maximum absolute atomic E-state index is 12.3. The molecule has 0 bridgehead atoms. The summed E-state index contributed by atoms with van der Waals surface area (Å²) in [6, 6.07) is 10.0. The van der Waals surface area contributed by atoms with Gasteiger partial charge in [0.2, 0.25) is 0 Å². The van der Waals surface area contributed by atoms with Crippen LogP contribution in [0.2, 0.25) is 0 Å². The molecule has 5 heteroatoms. The second-order valence-corrected chi connectivity index (χ2v) is 6.35. The lowest BCUT2D eigenvalue weighted by atomic mass is 10.2. The average molecular weight is 347 g/mol. The van der Waals surface area contributed by atoms with Crippen molar-refractivity contribution in [2.24, 2.45) is 5.92 Å². The van der Waals surface area contributed by atoms with E-state index in [1.807, 2.05) is 35.8 Å². The molecule has 4 nitrogen and oxygen atoms in total. The minimum atomic E-state index is -0.627. The highest BCUT2D eigenvalue weighted by molar-refractivity contribution is 9.10. The predicted molar refractivity (Wildman–Crippen MR) is 83.0 cm³/mol. The van der Waals surface area contributed by atoms with E-state index in [9.17, 15) is 10.1 Å². The Morgan fingerprint density at radius 1 is 1.57 bits per heavy atom. The summed E-state index contributed by atoms with van der Waals surface area (Å²) in [7, 11) is 0. The van der Waals surface area contributed by atoms with Gasteiger partial charge in [-0.25, -0.2) is 4.79 Å². The molecule has 0 radical (unpaired) electrons. The molecule has 1 heterocycles. The summed E-state index contributed by atoms with van der Waals surface area (Å²) in [6.45, 7) is 4.13. The third-order valence-corrected chi connectivity index (χ3v) is 4.61. The van der Waals surface area contributed by atoms with Gasteiger partial charge in [0.25, 0.3) is 0 Å². The molecule has 1 aromatic carbocycles. The van der Waals surface area contributed by atoms with Gasteiger partial charge in [-0.2, -0.15) is 5.26 Å². The van der Waals surface area contributed by atoms with Crippen LogP contribution in [0.5, 0.6) is 0 Å². The molecule has 108 valence electrons. The van der Waals surface area contributed by atoms with Crippen LogP contribution in [0.15, 0.2) is 28.7 Å². The van der Waals surface area contributed by atoms with Crippen molar-refractivity contribution in [3.05, 3.63) is 34.4 Å². The number of carbonyl (C=O) groups is 1. The van der Waals surface area contributed by atoms with Gasteiger partial charge in [-0.1, -0.05) is 22.9 Å². The first kappa shape index (κ1) is 14.2. The number of carbonyl (C=O) groups excluding carboxylic acids is 1. The number of nitrogens with zero attached hydrogens (tertiary/aromatic N) is 2. The lowest BCUT2D eigenvalue weighted by Crippen LogP contribution is -2.23. The van der Waals surface area contributed by atoms with Gasteiger partial charge in [-0.15, -0.1) is 0 Å². The van der Waals surface area contributed by atoms with E-state index in [1.165, 1.54) is 0 Å². The van der Waals surface area contributed by atoms with E-state index >= 15 is 0 Å². The number of halogens is 1. The number of rotatable bonds is 3. The van der Waals surface area contributed by atoms with Crippen molar-refractivity contribution in [2.45, 2.75) is 25.8 Å². The number of hydrogen-bond acceptors (Lipinski definition) is 3. The van der Waals surface area contributed by atoms with Crippen molar-refractivity contribution in [3.63, 3.8) is 0 Å². The summed E-state index contributed by atoms with van der Waals surface area (Å²) < 4.78 is 7.95. The number of aromatic nitrogens is 1. The van der Waals surface area contributed by atoms with E-state index in [-0.39, 0.29) is 11.9 Å². The quantitative estimate of drug-likeness (QED) is 0.793. The zero-order valence-electron chi connectivity index (χ0n) is 11.9. The topological polar surface area (TPSA) is 55.0 Å². The third kappa shape index (κ3) is 2.06. The van der Waals surface area contributed by atoms with Crippen molar-refractivity contribution in [2.75, 3.05) is 6.61 Å². The zero-order valence-corrected chi connectivity index (χ0v) is 13.5. The fourth-order valence-corrected chi connectivity index (χ4v) is 3.28. The van der Waals surface area contributed by atoms with Crippen LogP contribution in [0.4, 0.5) is 0 Å². The first-order valence-electron chi connectivity index (χ1n) is 6.93. The highest BCUT2D eigenvalue weighted by atomic mass is 79.9. The van der Waals surface area contributed by atoms with Gasteiger partial charge in [-0.3, -0.25) is 0 Å². The zero-order chi connectivity index (χ0) is 15.2. The summed E-state index contributed by atoms with van der Waals surface area (Å²) in [6.07, 6.45) is 0.760. The molecule has 1 aromatic heterocycles. The van der Waals surface area contributed by atoms with E-state index in [2.05, 4.69) is 22.0 Å². The van der Waals surface area contributed by atoms with Crippen LogP contribution in [-0.4, -0.2) is 17.1 Å². The molecule has 1 fully saturated rings. The minimum Gasteiger partial charge on any atom is -0.461 e. The van der Waals surface area contributed by atoms with Crippen LogP contribution in [0, 0.1) is 17.2 Å². The molecule has 0 amide bonds. The van der Waals surface area contributed by atoms with Gasteiger partial charge in [0.1, 0.15) is 11.2 Å². The van der Waals surface area contributed by atoms with E-state index in [1.54, 1.807) is 6.92 Å². The monoisotopic (exact) mass is 346 g/mol. The first-order valence-corrected chi connectivity index (χ1v) is 7.72. The van der Waals surface area contributed by atoms with Crippen molar-refractivity contribution in [1.29, 1.82) is 5.26 Å². The highest BCUT2D eigenvalue weighted by Crippen LogP contribution is 2.52. The fraction of sp³-hybridized carbons (Fsp3) is 0.375. The van der Waals surface area contributed by atoms with E-state index in [0.29, 0.717) is 12.3 Å². The van der Waals surface area contributed by atoms with Crippen molar-refractivity contribution >= 4 is 32.8 Å². The Balaban J connectivity index is 2.27. The molecule has 2 atom stereocenters. The average Bonchev–Trinajstić information content (AvgIpc) is 2.96. The Labute approximate surface area is 131 Å². The summed E-state index contributed by atoms with van der Waals surface area (Å²) in [5.74, 6) is -0.145. The maximum atomic E-state index is 12.3. The maximum Gasteiger partial charge on any atom is 0.355 e. The summed E-state index contributed by atoms with van der Waals surface area (Å²) in [5.41, 5.74) is 0.723. The minimum absolute atomic E-state index is 0.231. The molecule has 1 aliphatic carbocycles. The van der Waals surface area contributed by atoms with E-state index < -0.39 is 5.54 Å². The number of hydrogen-bond donors (Lipinski definition) is 0. The molecular formula is C16H15BrN2O2. The molecule has 2 aromatic rings. The third-order valence-electron chi connectivity index (χ3n) is 4.11. The molecule has 0 unspecified atom stereocenters. The van der Waals surface area contributed by atoms with Gasteiger partial charge < -0.3 is 9.30 Å². The number of benzene rings is 1. The molecular weight excluding hydrogens is 332 g/mol. The Hall–Kier alpha value is -1.80. The lowest BCUT2D eigenvalue weighted by molar-refractivity contribution is 0.0512. The molecule has 3 rings (SSSR count). The molecule has 0 spiro atoms. The normalized spacial score (nSPS) is 23.8. The van der Waals surface area contributed by atoms with E-state index in [0.717, 1.165) is 21.8 Å². The van der Waals surface area contributed by atoms with Crippen molar-refractivity contribution in [1.82, 2.24) is 4.57 Å². The first-order chi connectivity index (χ1) is 10.0. The molecule has 0 saturated heterocycles. The summed E-state index contributed by atoms with van der Waals surface area (Å²) >= 11 is 3.44. The Bertz CT molecular complexity index is 774. The van der Waals surface area contributed by atoms with Gasteiger partial charge in [0.15, 0.2) is 0 Å². The second kappa shape index (κ2) is 4.88. The summed E-state index contributed by atoms with van der Waals surface area (Å²) in [4.78, 5) is 12.3. The molecule has 0 N–H and O–H groups in total. The van der Waals surface area contributed by atoms with E-state index in [4.69, 9.17) is 4.74 Å². The molecule has 1 aliphatic rings. The highest BCUT2D eigenvalue weighted by Gasteiger charge is 2.55. The Morgan fingerprint density at radius 2 is 2.29 bits per heavy atom. The number of esters is 1. The molecule has 0 aliphatic heterocycles. The predicted octanol–water partition coefficient (Wildman–Crippen LogP) is 3.84. The second-order valence-electron chi connectivity index (χ2n) is 5.43. The van der Waals surface area contributed by atoms with Crippen LogP contribution in [0.1, 0.15) is 30.8 Å². The standard InChI is InChI=1S/C16H15BrN2O2/c1-3-21-15(20)14-7-11-6-12(17)4-5-13(11)19(14)16(9-18)8-10(16)2/h4-7,10H,3,8H2,1-2H3/t10-,16-/m1/s1. The van der Waals surface area contributed by atoms with Crippen molar-refractivity contribution in [3.8, 4) is 6.07 Å². The fourth-order valence-electron chi connectivity index (χ4n) is 2.90. The van der Waals surface area contributed by atoms with Crippen LogP contribution in [0.3, 0.4) is 0 Å². The molecule has 21 heavy (non-hydrogen) atoms. The largest absolute Gasteiger partial charge is 0.461 e. The lowest BCUT2D eigenvalue weighted by Gasteiger charge is -2.16. The number of fused-ring (bicyclic) bond motifs is 1. The Morgan fingerprint density at radius 3 is 2.86 bits per heavy atom. The van der Waals surface area contributed by atoms with Gasteiger partial charge >= 0.3 is 5.97 Å². The van der Waals surface area contributed by atoms with Crippen LogP contribution in [-0.2, 0) is 10.3 Å². The summed E-state index contributed by atoms with van der Waals surface area (Å²) in [5, 5.41) is 10.5. The molecule has 1 saturated carbocycles. The van der Waals surface area contributed by atoms with Crippen LogP contribution >= 0.6 is 15.9 Å². The van der Waals surface area contributed by atoms with Crippen molar-refractivity contribution < 1.29 is 9.53 Å². The number of ether oxygens (including phenoxy) is 1. The van der Waals surface area contributed by atoms with Gasteiger partial charge in [0, 0.05) is 9.86 Å². The van der Waals surface area contributed by atoms with Gasteiger partial charge in [0.05, 0.1) is 18.2 Å². The van der Waals surface area contributed by atoms with Crippen LogP contribution < -0.4 is 0 Å².